The molecule has 6 aromatic carbocycles. The Balaban J connectivity index is 1.60. The van der Waals surface area contributed by atoms with Crippen molar-refractivity contribution >= 4 is 43.5 Å². The second-order valence-electron chi connectivity index (χ2n) is 9.93. The first-order valence-corrected chi connectivity index (χ1v) is 13.1. The van der Waals surface area contributed by atoms with Crippen molar-refractivity contribution in [2.24, 2.45) is 0 Å². The van der Waals surface area contributed by atoms with Crippen LogP contribution in [0.15, 0.2) is 121 Å². The molecule has 1 aliphatic rings. The van der Waals surface area contributed by atoms with E-state index in [2.05, 4.69) is 121 Å². The summed E-state index contributed by atoms with van der Waals surface area (Å²) in [6.07, 6.45) is 4.79. The number of allylic oxidation sites excluding steroid dienone is 2. The van der Waals surface area contributed by atoms with Crippen LogP contribution in [0.4, 0.5) is 0 Å². The quantitative estimate of drug-likeness (QED) is 0.230. The zero-order valence-electron chi connectivity index (χ0n) is 20.4. The van der Waals surface area contributed by atoms with Crippen LogP contribution in [0.3, 0.4) is 0 Å². The van der Waals surface area contributed by atoms with Gasteiger partial charge in [0.05, 0.1) is 0 Å². The number of hydrogen-bond acceptors (Lipinski definition) is 0. The average molecular weight is 461 g/mol. The summed E-state index contributed by atoms with van der Waals surface area (Å²) >= 11 is 0. The van der Waals surface area contributed by atoms with Gasteiger partial charge in [0.2, 0.25) is 0 Å². The van der Waals surface area contributed by atoms with Gasteiger partial charge in [-0.2, -0.15) is 0 Å². The largest absolute Gasteiger partial charge is 0.0622 e. The Hall–Kier alpha value is -4.16. The summed E-state index contributed by atoms with van der Waals surface area (Å²) in [7, 11) is 0. The molecule has 0 spiro atoms. The normalized spacial score (nSPS) is 14.1. The van der Waals surface area contributed by atoms with Gasteiger partial charge in [0.15, 0.2) is 0 Å². The predicted molar refractivity (Wildman–Crippen MR) is 156 cm³/mol. The number of benzene rings is 6. The monoisotopic (exact) mass is 460 g/mol. The topological polar surface area (TPSA) is 0 Å². The highest BCUT2D eigenvalue weighted by atomic mass is 14.3. The van der Waals surface area contributed by atoms with Gasteiger partial charge in [0, 0.05) is 0 Å². The van der Waals surface area contributed by atoms with E-state index in [1.807, 2.05) is 0 Å². The SMILES string of the molecule is c1ccc(C2=C(c3c4ccccc4c(-c4ccc5ccccc5c4)c4ccccc34)CCCC2)cc1. The zero-order valence-corrected chi connectivity index (χ0v) is 20.4. The Morgan fingerprint density at radius 1 is 0.361 bits per heavy atom. The summed E-state index contributed by atoms with van der Waals surface area (Å²) in [5, 5.41) is 7.98. The molecule has 36 heavy (non-hydrogen) atoms. The minimum Gasteiger partial charge on any atom is -0.0622 e. The molecule has 0 atom stereocenters. The lowest BCUT2D eigenvalue weighted by atomic mass is 9.79. The lowest BCUT2D eigenvalue weighted by Gasteiger charge is -2.25. The maximum absolute atomic E-state index is 2.36. The molecule has 0 N–H and O–H groups in total. The summed E-state index contributed by atoms with van der Waals surface area (Å²) in [5.41, 5.74) is 8.49. The van der Waals surface area contributed by atoms with Crippen molar-refractivity contribution in [3.8, 4) is 11.1 Å². The lowest BCUT2D eigenvalue weighted by molar-refractivity contribution is 0.754. The molecule has 172 valence electrons. The van der Waals surface area contributed by atoms with Crippen LogP contribution in [0.1, 0.15) is 36.8 Å². The first kappa shape index (κ1) is 21.1. The molecule has 6 aromatic rings. The van der Waals surface area contributed by atoms with E-state index in [1.54, 1.807) is 0 Å². The second-order valence-corrected chi connectivity index (χ2v) is 9.93. The third-order valence-corrected chi connectivity index (χ3v) is 7.86. The van der Waals surface area contributed by atoms with Gasteiger partial charge in [-0.05, 0) is 97.5 Å². The molecule has 0 saturated carbocycles. The van der Waals surface area contributed by atoms with Gasteiger partial charge in [-0.15, -0.1) is 0 Å². The lowest BCUT2D eigenvalue weighted by Crippen LogP contribution is -2.02. The Morgan fingerprint density at radius 3 is 1.56 bits per heavy atom. The van der Waals surface area contributed by atoms with Crippen molar-refractivity contribution < 1.29 is 0 Å². The molecule has 0 amide bonds. The fourth-order valence-corrected chi connectivity index (χ4v) is 6.25. The van der Waals surface area contributed by atoms with E-state index < -0.39 is 0 Å². The second kappa shape index (κ2) is 8.81. The van der Waals surface area contributed by atoms with Crippen molar-refractivity contribution in [1.82, 2.24) is 0 Å². The summed E-state index contributed by atoms with van der Waals surface area (Å²) < 4.78 is 0. The Labute approximate surface area is 212 Å². The summed E-state index contributed by atoms with van der Waals surface area (Å²) in [6, 6.07) is 44.7. The average Bonchev–Trinajstić information content (AvgIpc) is 2.96. The zero-order chi connectivity index (χ0) is 23.9. The minimum atomic E-state index is 1.13. The van der Waals surface area contributed by atoms with E-state index >= 15 is 0 Å². The van der Waals surface area contributed by atoms with Crippen molar-refractivity contribution in [2.75, 3.05) is 0 Å². The van der Waals surface area contributed by atoms with Crippen LogP contribution >= 0.6 is 0 Å². The molecule has 0 heterocycles. The van der Waals surface area contributed by atoms with Crippen LogP contribution in [-0.2, 0) is 0 Å². The van der Waals surface area contributed by atoms with Gasteiger partial charge in [-0.1, -0.05) is 115 Å². The standard InChI is InChI=1S/C36H28/c1-2-13-26(14-3-1)29-16-6-7-17-30(29)36-33-20-10-8-18-31(33)35(32-19-9-11-21-34(32)36)28-23-22-25-12-4-5-15-27(25)24-28/h1-5,8-15,18-24H,6-7,16-17H2. The van der Waals surface area contributed by atoms with Gasteiger partial charge in [0.1, 0.15) is 0 Å². The van der Waals surface area contributed by atoms with Gasteiger partial charge in [-0.25, -0.2) is 0 Å². The molecule has 0 nitrogen and oxygen atoms in total. The fourth-order valence-electron chi connectivity index (χ4n) is 6.25. The molecule has 0 heteroatoms. The highest BCUT2D eigenvalue weighted by molar-refractivity contribution is 6.20. The summed E-state index contributed by atoms with van der Waals surface area (Å²) in [5.74, 6) is 0. The van der Waals surface area contributed by atoms with Crippen LogP contribution < -0.4 is 0 Å². The first-order valence-electron chi connectivity index (χ1n) is 13.1. The third-order valence-electron chi connectivity index (χ3n) is 7.86. The number of rotatable bonds is 3. The molecule has 0 unspecified atom stereocenters. The van der Waals surface area contributed by atoms with Gasteiger partial charge in [0.25, 0.3) is 0 Å². The van der Waals surface area contributed by atoms with Crippen molar-refractivity contribution in [2.45, 2.75) is 25.7 Å². The maximum Gasteiger partial charge on any atom is -0.00262 e. The first-order chi connectivity index (χ1) is 17.9. The van der Waals surface area contributed by atoms with E-state index in [0.29, 0.717) is 0 Å². The molecule has 7 rings (SSSR count). The van der Waals surface area contributed by atoms with Gasteiger partial charge >= 0.3 is 0 Å². The predicted octanol–water partition coefficient (Wildman–Crippen LogP) is 10.3. The molecule has 0 aromatic heterocycles. The number of hydrogen-bond donors (Lipinski definition) is 0. The highest BCUT2D eigenvalue weighted by Crippen LogP contribution is 2.47. The van der Waals surface area contributed by atoms with Crippen LogP contribution in [0.25, 0.3) is 54.6 Å². The van der Waals surface area contributed by atoms with Crippen molar-refractivity contribution in [3.05, 3.63) is 132 Å². The highest BCUT2D eigenvalue weighted by Gasteiger charge is 2.22. The molecule has 0 bridgehead atoms. The van der Waals surface area contributed by atoms with Crippen molar-refractivity contribution in [3.63, 3.8) is 0 Å². The molecular weight excluding hydrogens is 432 g/mol. The molecule has 0 fully saturated rings. The Kier molecular flexibility index (Phi) is 5.17. The minimum absolute atomic E-state index is 1.13. The third kappa shape index (κ3) is 3.45. The van der Waals surface area contributed by atoms with Crippen LogP contribution in [0.2, 0.25) is 0 Å². The summed E-state index contributed by atoms with van der Waals surface area (Å²) in [4.78, 5) is 0. The van der Waals surface area contributed by atoms with E-state index in [4.69, 9.17) is 0 Å². The van der Waals surface area contributed by atoms with Gasteiger partial charge < -0.3 is 0 Å². The molecule has 1 aliphatic carbocycles. The fraction of sp³-hybridized carbons (Fsp3) is 0.111. The maximum atomic E-state index is 2.36. The summed E-state index contributed by atoms with van der Waals surface area (Å²) in [6.45, 7) is 0. The Bertz CT molecular complexity index is 1710. The van der Waals surface area contributed by atoms with Crippen molar-refractivity contribution in [1.29, 1.82) is 0 Å². The van der Waals surface area contributed by atoms with E-state index in [-0.39, 0.29) is 0 Å². The molecule has 0 saturated heterocycles. The van der Waals surface area contributed by atoms with Gasteiger partial charge in [-0.3, -0.25) is 0 Å². The van der Waals surface area contributed by atoms with E-state index in [0.717, 1.165) is 12.8 Å². The Morgan fingerprint density at radius 2 is 0.889 bits per heavy atom. The van der Waals surface area contributed by atoms with Crippen LogP contribution in [-0.4, -0.2) is 0 Å². The van der Waals surface area contributed by atoms with Crippen LogP contribution in [0, 0.1) is 0 Å². The van der Waals surface area contributed by atoms with E-state index in [9.17, 15) is 0 Å². The molecule has 0 aliphatic heterocycles. The smallest absolute Gasteiger partial charge is 0.00262 e. The van der Waals surface area contributed by atoms with E-state index in [1.165, 1.54) is 78.6 Å². The molecular formula is C36H28. The molecule has 0 radical (unpaired) electrons. The van der Waals surface area contributed by atoms with Crippen LogP contribution in [0.5, 0.6) is 0 Å². The number of fused-ring (bicyclic) bond motifs is 3.